The van der Waals surface area contributed by atoms with Gasteiger partial charge in [0.1, 0.15) is 5.02 Å². The van der Waals surface area contributed by atoms with Gasteiger partial charge in [0.2, 0.25) is 0 Å². The minimum Gasteiger partial charge on any atom is -0.322 e. The third-order valence-corrected chi connectivity index (χ3v) is 4.27. The van der Waals surface area contributed by atoms with Crippen molar-refractivity contribution in [3.05, 3.63) is 52.8 Å². The van der Waals surface area contributed by atoms with E-state index in [1.807, 2.05) is 37.3 Å². The summed E-state index contributed by atoms with van der Waals surface area (Å²) in [5.74, 6) is 2.56. The number of anilines is 2. The molecule has 1 aliphatic rings. The van der Waals surface area contributed by atoms with E-state index >= 15 is 0 Å². The van der Waals surface area contributed by atoms with E-state index in [9.17, 15) is 0 Å². The summed E-state index contributed by atoms with van der Waals surface area (Å²) in [6.07, 6.45) is 4.08. The molecule has 1 aliphatic carbocycles. The van der Waals surface area contributed by atoms with E-state index < -0.39 is 0 Å². The van der Waals surface area contributed by atoms with Gasteiger partial charge in [0.05, 0.1) is 6.20 Å². The molecule has 0 bridgehead atoms. The minimum atomic E-state index is 0.471. The minimum absolute atomic E-state index is 0.471. The van der Waals surface area contributed by atoms with Gasteiger partial charge in [-0.2, -0.15) is 5.10 Å². The normalized spacial score (nSPS) is 14.0. The molecule has 23 heavy (non-hydrogen) atoms. The van der Waals surface area contributed by atoms with Crippen LogP contribution in [0, 0.1) is 6.92 Å². The molecule has 0 atom stereocenters. The van der Waals surface area contributed by atoms with Crippen molar-refractivity contribution >= 4 is 23.2 Å². The Morgan fingerprint density at radius 1 is 1.26 bits per heavy atom. The Bertz CT molecular complexity index is 854. The lowest BCUT2D eigenvalue weighted by molar-refractivity contribution is 0.966. The molecule has 116 valence electrons. The van der Waals surface area contributed by atoms with Crippen LogP contribution in [0.15, 0.2) is 36.5 Å². The molecule has 0 saturated heterocycles. The van der Waals surface area contributed by atoms with E-state index in [2.05, 4.69) is 25.5 Å². The van der Waals surface area contributed by atoms with Crippen molar-refractivity contribution in [2.45, 2.75) is 25.7 Å². The summed E-state index contributed by atoms with van der Waals surface area (Å²) in [5, 5.41) is 11.0. The average molecular weight is 326 g/mol. The van der Waals surface area contributed by atoms with Gasteiger partial charge >= 0.3 is 0 Å². The van der Waals surface area contributed by atoms with E-state index in [1.54, 1.807) is 6.20 Å². The second kappa shape index (κ2) is 5.66. The van der Waals surface area contributed by atoms with Gasteiger partial charge in [-0.25, -0.2) is 9.97 Å². The number of hydrogen-bond acceptors (Lipinski definition) is 4. The third-order valence-electron chi connectivity index (χ3n) is 3.99. The maximum absolute atomic E-state index is 6.23. The number of aryl methyl sites for hydroxylation is 1. The first kappa shape index (κ1) is 14.2. The molecule has 4 rings (SSSR count). The van der Waals surface area contributed by atoms with Crippen LogP contribution in [0.1, 0.15) is 30.0 Å². The van der Waals surface area contributed by atoms with E-state index in [-0.39, 0.29) is 0 Å². The molecule has 1 saturated carbocycles. The van der Waals surface area contributed by atoms with Crippen molar-refractivity contribution in [3.8, 4) is 11.4 Å². The molecule has 1 fully saturated rings. The largest absolute Gasteiger partial charge is 0.322 e. The topological polar surface area (TPSA) is 66.5 Å². The number of aromatic nitrogens is 4. The smallest absolute Gasteiger partial charge is 0.161 e. The SMILES string of the molecule is Cc1ccccc1-c1ncc(Cl)c(Nc2cc(C3CC3)[nH]n2)n1. The maximum Gasteiger partial charge on any atom is 0.161 e. The van der Waals surface area contributed by atoms with Crippen LogP contribution in [0.5, 0.6) is 0 Å². The second-order valence-electron chi connectivity index (χ2n) is 5.81. The average Bonchev–Trinajstić information content (AvgIpc) is 3.30. The summed E-state index contributed by atoms with van der Waals surface area (Å²) in [4.78, 5) is 8.90. The molecule has 1 aromatic carbocycles. The number of nitrogens with zero attached hydrogens (tertiary/aromatic N) is 3. The summed E-state index contributed by atoms with van der Waals surface area (Å²) in [7, 11) is 0. The van der Waals surface area contributed by atoms with Gasteiger partial charge in [0.25, 0.3) is 0 Å². The van der Waals surface area contributed by atoms with Gasteiger partial charge < -0.3 is 5.32 Å². The van der Waals surface area contributed by atoms with Gasteiger partial charge in [-0.1, -0.05) is 35.9 Å². The highest BCUT2D eigenvalue weighted by Gasteiger charge is 2.25. The highest BCUT2D eigenvalue weighted by Crippen LogP contribution is 2.39. The number of rotatable bonds is 4. The first-order valence-electron chi connectivity index (χ1n) is 7.61. The third kappa shape index (κ3) is 2.92. The summed E-state index contributed by atoms with van der Waals surface area (Å²) in [5.41, 5.74) is 3.28. The first-order chi connectivity index (χ1) is 11.2. The lowest BCUT2D eigenvalue weighted by atomic mass is 10.1. The van der Waals surface area contributed by atoms with Gasteiger partial charge in [-0.3, -0.25) is 5.10 Å². The standard InChI is InChI=1S/C17H16ClN5/c1-10-4-2-3-5-12(10)16-19-9-13(18)17(21-16)20-15-8-14(22-23-15)11-6-7-11/h2-5,8-9,11H,6-7H2,1H3,(H2,19,20,21,22,23). The van der Waals surface area contributed by atoms with Crippen LogP contribution in [0.25, 0.3) is 11.4 Å². The van der Waals surface area contributed by atoms with Crippen LogP contribution < -0.4 is 5.32 Å². The summed E-state index contributed by atoms with van der Waals surface area (Å²) in [6, 6.07) is 10.0. The number of benzene rings is 1. The van der Waals surface area contributed by atoms with Gasteiger partial charge in [0.15, 0.2) is 17.5 Å². The Morgan fingerprint density at radius 3 is 2.87 bits per heavy atom. The van der Waals surface area contributed by atoms with Crippen molar-refractivity contribution in [1.82, 2.24) is 20.2 Å². The molecular weight excluding hydrogens is 310 g/mol. The van der Waals surface area contributed by atoms with Gasteiger partial charge in [-0.05, 0) is 25.3 Å². The van der Waals surface area contributed by atoms with Crippen LogP contribution in [0.4, 0.5) is 11.6 Å². The zero-order valence-electron chi connectivity index (χ0n) is 12.7. The maximum atomic E-state index is 6.23. The molecule has 0 amide bonds. The molecule has 2 heterocycles. The zero-order chi connectivity index (χ0) is 15.8. The van der Waals surface area contributed by atoms with E-state index in [0.717, 1.165) is 22.6 Å². The monoisotopic (exact) mass is 325 g/mol. The van der Waals surface area contributed by atoms with Crippen molar-refractivity contribution in [2.24, 2.45) is 0 Å². The quantitative estimate of drug-likeness (QED) is 0.743. The molecule has 0 radical (unpaired) electrons. The Hall–Kier alpha value is -2.40. The number of H-pyrrole nitrogens is 1. The molecule has 6 heteroatoms. The van der Waals surface area contributed by atoms with E-state index in [1.165, 1.54) is 12.8 Å². The molecule has 3 aromatic rings. The van der Waals surface area contributed by atoms with Crippen molar-refractivity contribution in [1.29, 1.82) is 0 Å². The highest BCUT2D eigenvalue weighted by molar-refractivity contribution is 6.32. The van der Waals surface area contributed by atoms with Gasteiger partial charge in [0, 0.05) is 23.2 Å². The number of nitrogens with one attached hydrogen (secondary N) is 2. The lowest BCUT2D eigenvalue weighted by Gasteiger charge is -2.08. The Balaban J connectivity index is 1.65. The number of hydrogen-bond donors (Lipinski definition) is 2. The fraction of sp³-hybridized carbons (Fsp3) is 0.235. The molecule has 0 aliphatic heterocycles. The Kier molecular flexibility index (Phi) is 3.50. The Morgan fingerprint density at radius 2 is 2.09 bits per heavy atom. The predicted molar refractivity (Wildman–Crippen MR) is 91.1 cm³/mol. The molecule has 0 unspecified atom stereocenters. The fourth-order valence-corrected chi connectivity index (χ4v) is 2.67. The predicted octanol–water partition coefficient (Wildman–Crippen LogP) is 4.45. The Labute approximate surface area is 139 Å². The van der Waals surface area contributed by atoms with Crippen LogP contribution in [0.2, 0.25) is 5.02 Å². The molecule has 2 aromatic heterocycles. The van der Waals surface area contributed by atoms with Crippen LogP contribution in [0.3, 0.4) is 0 Å². The number of aromatic amines is 1. The summed E-state index contributed by atoms with van der Waals surface area (Å²) in [6.45, 7) is 2.04. The second-order valence-corrected chi connectivity index (χ2v) is 6.22. The van der Waals surface area contributed by atoms with Crippen molar-refractivity contribution < 1.29 is 0 Å². The summed E-state index contributed by atoms with van der Waals surface area (Å²) >= 11 is 6.23. The highest BCUT2D eigenvalue weighted by atomic mass is 35.5. The lowest BCUT2D eigenvalue weighted by Crippen LogP contribution is -1.99. The zero-order valence-corrected chi connectivity index (χ0v) is 13.4. The van der Waals surface area contributed by atoms with E-state index in [4.69, 9.17) is 11.6 Å². The van der Waals surface area contributed by atoms with Crippen molar-refractivity contribution in [3.63, 3.8) is 0 Å². The first-order valence-corrected chi connectivity index (χ1v) is 7.99. The molecule has 5 nitrogen and oxygen atoms in total. The summed E-state index contributed by atoms with van der Waals surface area (Å²) < 4.78 is 0. The van der Waals surface area contributed by atoms with Gasteiger partial charge in [-0.15, -0.1) is 0 Å². The molecule has 2 N–H and O–H groups in total. The molecule has 0 spiro atoms. The number of halogens is 1. The fourth-order valence-electron chi connectivity index (χ4n) is 2.53. The van der Waals surface area contributed by atoms with Crippen molar-refractivity contribution in [2.75, 3.05) is 5.32 Å². The van der Waals surface area contributed by atoms with Crippen LogP contribution in [-0.4, -0.2) is 20.2 Å². The van der Waals surface area contributed by atoms with Crippen LogP contribution >= 0.6 is 11.6 Å². The van der Waals surface area contributed by atoms with Crippen LogP contribution in [-0.2, 0) is 0 Å². The van der Waals surface area contributed by atoms with E-state index in [0.29, 0.717) is 22.6 Å². The molecular formula is C17H16ClN5.